The maximum Gasteiger partial charge on any atom is 0.208 e. The molecule has 0 bridgehead atoms. The molecule has 2 rings (SSSR count). The molecule has 0 fully saturated rings. The fourth-order valence-corrected chi connectivity index (χ4v) is 5.02. The molecule has 0 N–H and O–H groups in total. The van der Waals surface area contributed by atoms with Gasteiger partial charge in [-0.1, -0.05) is 116 Å². The van der Waals surface area contributed by atoms with Gasteiger partial charge in [0.15, 0.2) is 0 Å². The number of hydrogen-bond donors (Lipinski definition) is 0. The normalized spacial score (nSPS) is 13.5. The third-order valence-corrected chi connectivity index (χ3v) is 6.56. The van der Waals surface area contributed by atoms with Gasteiger partial charge in [0.25, 0.3) is 0 Å². The minimum absolute atomic E-state index is 0.0444. The van der Waals surface area contributed by atoms with Crippen LogP contribution in [-0.4, -0.2) is 10.5 Å². The van der Waals surface area contributed by atoms with E-state index in [4.69, 9.17) is 11.6 Å². The van der Waals surface area contributed by atoms with E-state index in [2.05, 4.69) is 74.4 Å². The van der Waals surface area contributed by atoms with Crippen molar-refractivity contribution in [2.24, 2.45) is 0 Å². The van der Waals surface area contributed by atoms with Gasteiger partial charge in [0.2, 0.25) is 5.78 Å². The second kappa shape index (κ2) is 8.37. The number of Topliss-reactive ketones (excluding diaryl/α,β-unsaturated/α-hetero) is 1. The van der Waals surface area contributed by atoms with Crippen LogP contribution in [0.25, 0.3) is 0 Å². The molecule has 0 spiro atoms. The number of carbonyl (C=O) groups is 1. The standard InChI is InChI=1S/C26H34ClOP/c1-24(2,3)18-15-19(25(4,5)6)22(20(16-18)26(7,8)9)29-23(27)21(28)17-13-11-10-12-14-17/h10-16H,1-9H3. The Hall–Kier alpha value is -1.43. The molecule has 2 aromatic carbocycles. The third-order valence-electron chi connectivity index (χ3n) is 5.03. The first-order valence-corrected chi connectivity index (χ1v) is 11.4. The Morgan fingerprint density at radius 3 is 1.59 bits per heavy atom. The fourth-order valence-electron chi connectivity index (χ4n) is 3.19. The van der Waals surface area contributed by atoms with Gasteiger partial charge < -0.3 is 0 Å². The third kappa shape index (κ3) is 5.80. The smallest absolute Gasteiger partial charge is 0.208 e. The van der Waals surface area contributed by atoms with Crippen LogP contribution in [-0.2, 0) is 16.2 Å². The minimum Gasteiger partial charge on any atom is -0.287 e. The lowest BCUT2D eigenvalue weighted by Gasteiger charge is -2.32. The first-order valence-electron chi connectivity index (χ1n) is 10.2. The molecular formula is C26H34ClOP. The SMILES string of the molecule is CC(C)(C)c1cc(C(C)(C)C)c(P=C(Cl)C(=O)c2ccccc2)c(C(C)(C)C)c1. The van der Waals surface area contributed by atoms with Crippen LogP contribution in [0.1, 0.15) is 89.4 Å². The molecule has 156 valence electrons. The lowest BCUT2D eigenvalue weighted by molar-refractivity contribution is 0.107. The highest BCUT2D eigenvalue weighted by atomic mass is 35.5. The lowest BCUT2D eigenvalue weighted by Crippen LogP contribution is -2.30. The van der Waals surface area contributed by atoms with Gasteiger partial charge in [-0.25, -0.2) is 0 Å². The highest BCUT2D eigenvalue weighted by Crippen LogP contribution is 2.35. The van der Waals surface area contributed by atoms with Gasteiger partial charge in [-0.2, -0.15) is 0 Å². The highest BCUT2D eigenvalue weighted by molar-refractivity contribution is 7.57. The van der Waals surface area contributed by atoms with Gasteiger partial charge in [0, 0.05) is 10.9 Å². The van der Waals surface area contributed by atoms with Crippen LogP contribution in [0.15, 0.2) is 42.5 Å². The molecule has 0 aliphatic heterocycles. The predicted octanol–water partition coefficient (Wildman–Crippen LogP) is 7.40. The van der Waals surface area contributed by atoms with Gasteiger partial charge in [-0.3, -0.25) is 4.79 Å². The summed E-state index contributed by atoms with van der Waals surface area (Å²) in [5.74, 6) is -0.103. The maximum absolute atomic E-state index is 12.9. The van der Waals surface area contributed by atoms with Crippen LogP contribution in [0, 0.1) is 0 Å². The van der Waals surface area contributed by atoms with Crippen molar-refractivity contribution in [3.63, 3.8) is 0 Å². The Kier molecular flexibility index (Phi) is 6.88. The first kappa shape index (κ1) is 23.8. The zero-order valence-corrected chi connectivity index (χ0v) is 20.9. The number of halogens is 1. The number of rotatable bonds is 3. The Bertz CT molecular complexity index is 885. The van der Waals surface area contributed by atoms with E-state index in [0.29, 0.717) is 10.3 Å². The summed E-state index contributed by atoms with van der Waals surface area (Å²) in [5, 5.41) is 1.16. The van der Waals surface area contributed by atoms with Gasteiger partial charge in [0.1, 0.15) is 4.75 Å². The molecule has 0 unspecified atom stereocenters. The summed E-state index contributed by atoms with van der Waals surface area (Å²) >= 11 is 6.63. The molecule has 0 aliphatic rings. The Labute approximate surface area is 183 Å². The zero-order valence-electron chi connectivity index (χ0n) is 19.3. The summed E-state index contributed by atoms with van der Waals surface area (Å²) in [7, 11) is 0.773. The van der Waals surface area contributed by atoms with Crippen molar-refractivity contribution >= 4 is 35.6 Å². The second-order valence-corrected chi connectivity index (χ2v) is 12.5. The Morgan fingerprint density at radius 2 is 1.21 bits per heavy atom. The van der Waals surface area contributed by atoms with Gasteiger partial charge >= 0.3 is 0 Å². The van der Waals surface area contributed by atoms with Crippen molar-refractivity contribution in [3.05, 3.63) is 64.7 Å². The number of hydrogen-bond acceptors (Lipinski definition) is 1. The quantitative estimate of drug-likeness (QED) is 0.367. The molecule has 1 nitrogen and oxygen atoms in total. The summed E-state index contributed by atoms with van der Waals surface area (Å²) in [6.07, 6.45) is 0. The summed E-state index contributed by atoms with van der Waals surface area (Å²) in [6, 6.07) is 13.9. The molecule has 0 saturated heterocycles. The van der Waals surface area contributed by atoms with Crippen LogP contribution in [0.2, 0.25) is 0 Å². The van der Waals surface area contributed by atoms with Gasteiger partial charge in [0.05, 0.1) is 0 Å². The van der Waals surface area contributed by atoms with Crippen molar-refractivity contribution in [2.75, 3.05) is 0 Å². The van der Waals surface area contributed by atoms with Crippen molar-refractivity contribution < 1.29 is 4.79 Å². The number of ketones is 1. The largest absolute Gasteiger partial charge is 0.287 e. The van der Waals surface area contributed by atoms with Crippen LogP contribution < -0.4 is 5.30 Å². The van der Waals surface area contributed by atoms with Crippen molar-refractivity contribution in [1.29, 1.82) is 0 Å². The van der Waals surface area contributed by atoms with E-state index in [1.807, 2.05) is 30.3 Å². The average Bonchev–Trinajstić information content (AvgIpc) is 2.58. The predicted molar refractivity (Wildman–Crippen MR) is 131 cm³/mol. The molecule has 0 radical (unpaired) electrons. The van der Waals surface area contributed by atoms with Crippen LogP contribution >= 0.6 is 19.8 Å². The number of carbonyl (C=O) groups excluding carboxylic acids is 1. The van der Waals surface area contributed by atoms with E-state index in [1.165, 1.54) is 16.7 Å². The van der Waals surface area contributed by atoms with Crippen molar-refractivity contribution in [3.8, 4) is 0 Å². The van der Waals surface area contributed by atoms with E-state index in [0.717, 1.165) is 13.5 Å². The summed E-state index contributed by atoms with van der Waals surface area (Å²) in [4.78, 5) is 12.9. The summed E-state index contributed by atoms with van der Waals surface area (Å²) in [5.41, 5.74) is 4.39. The molecule has 0 aromatic heterocycles. The molecule has 29 heavy (non-hydrogen) atoms. The Balaban J connectivity index is 2.79. The first-order chi connectivity index (χ1) is 13.1. The molecule has 0 atom stereocenters. The van der Waals surface area contributed by atoms with Crippen molar-refractivity contribution in [2.45, 2.75) is 78.6 Å². The van der Waals surface area contributed by atoms with E-state index in [1.54, 1.807) is 0 Å². The summed E-state index contributed by atoms with van der Waals surface area (Å²) < 4.78 is 0.343. The molecule has 0 aliphatic carbocycles. The van der Waals surface area contributed by atoms with Crippen LogP contribution in [0.4, 0.5) is 0 Å². The zero-order chi connectivity index (χ0) is 22.2. The fraction of sp³-hybridized carbons (Fsp3) is 0.462. The molecule has 2 aromatic rings. The monoisotopic (exact) mass is 428 g/mol. The maximum atomic E-state index is 12.9. The van der Waals surface area contributed by atoms with Crippen LogP contribution in [0.5, 0.6) is 0 Å². The van der Waals surface area contributed by atoms with E-state index in [-0.39, 0.29) is 22.0 Å². The van der Waals surface area contributed by atoms with E-state index >= 15 is 0 Å². The molecule has 0 amide bonds. The Morgan fingerprint density at radius 1 is 0.759 bits per heavy atom. The van der Waals surface area contributed by atoms with Crippen molar-refractivity contribution in [1.82, 2.24) is 0 Å². The van der Waals surface area contributed by atoms with E-state index in [9.17, 15) is 4.79 Å². The average molecular weight is 429 g/mol. The highest BCUT2D eigenvalue weighted by Gasteiger charge is 2.29. The lowest BCUT2D eigenvalue weighted by atomic mass is 9.75. The topological polar surface area (TPSA) is 17.1 Å². The molecule has 3 heteroatoms. The minimum atomic E-state index is -0.103. The summed E-state index contributed by atoms with van der Waals surface area (Å²) in [6.45, 7) is 20.1. The molecule has 0 heterocycles. The molecule has 0 saturated carbocycles. The second-order valence-electron chi connectivity index (χ2n) is 10.8. The van der Waals surface area contributed by atoms with E-state index < -0.39 is 0 Å². The van der Waals surface area contributed by atoms with Crippen LogP contribution in [0.3, 0.4) is 0 Å². The van der Waals surface area contributed by atoms with Gasteiger partial charge in [-0.05, 0) is 41.1 Å². The molecular weight excluding hydrogens is 395 g/mol. The number of benzene rings is 2. The van der Waals surface area contributed by atoms with Gasteiger partial charge in [-0.15, -0.1) is 0 Å².